The summed E-state index contributed by atoms with van der Waals surface area (Å²) in [5, 5.41) is 8.60. The topological polar surface area (TPSA) is 61.4 Å². The number of nitrogens with one attached hydrogen (secondary N) is 2. The van der Waals surface area contributed by atoms with Gasteiger partial charge < -0.3 is 5.11 Å². The van der Waals surface area contributed by atoms with Gasteiger partial charge in [0, 0.05) is 18.5 Å². The number of aliphatic carboxylic acids is 1. The molecule has 0 saturated carbocycles. The highest BCUT2D eigenvalue weighted by molar-refractivity contribution is 5.66. The van der Waals surface area contributed by atoms with E-state index >= 15 is 0 Å². The third-order valence-electron chi connectivity index (χ3n) is 2.96. The molecule has 0 radical (unpaired) electrons. The molecule has 3 N–H and O–H groups in total. The first kappa shape index (κ1) is 12.0. The van der Waals surface area contributed by atoms with Gasteiger partial charge in [0.1, 0.15) is 5.82 Å². The molecule has 1 aliphatic heterocycles. The van der Waals surface area contributed by atoms with Gasteiger partial charge in [-0.25, -0.2) is 4.39 Å². The Morgan fingerprint density at radius 1 is 1.35 bits per heavy atom. The van der Waals surface area contributed by atoms with Gasteiger partial charge >= 0.3 is 5.97 Å². The lowest BCUT2D eigenvalue weighted by Gasteiger charge is -2.09. The molecule has 4 nitrogen and oxygen atoms in total. The summed E-state index contributed by atoms with van der Waals surface area (Å²) in [5.41, 5.74) is 7.18. The van der Waals surface area contributed by atoms with E-state index in [2.05, 4.69) is 10.9 Å². The predicted octanol–water partition coefficient (Wildman–Crippen LogP) is 1.60. The quantitative estimate of drug-likeness (QED) is 0.745. The molecule has 92 valence electrons. The maximum absolute atomic E-state index is 12.8. The zero-order valence-electron chi connectivity index (χ0n) is 9.32. The van der Waals surface area contributed by atoms with E-state index in [1.54, 1.807) is 12.1 Å². The number of carbonyl (C=O) groups is 1. The average Bonchev–Trinajstić information content (AvgIpc) is 2.76. The first-order valence-corrected chi connectivity index (χ1v) is 5.63. The van der Waals surface area contributed by atoms with Crippen LogP contribution in [0.3, 0.4) is 0 Å². The molecule has 1 aromatic carbocycles. The van der Waals surface area contributed by atoms with Crippen molar-refractivity contribution in [2.24, 2.45) is 0 Å². The number of halogens is 1. The van der Waals surface area contributed by atoms with Crippen molar-refractivity contribution in [2.45, 2.75) is 31.3 Å². The van der Waals surface area contributed by atoms with Crippen LogP contribution in [0.25, 0.3) is 0 Å². The standard InChI is InChI=1S/C12H15FN2O2/c13-9-3-1-8(2-4-9)11-7-10(14-15-11)5-6-12(16)17/h1-4,10-11,14-15H,5-7H2,(H,16,17). The zero-order valence-corrected chi connectivity index (χ0v) is 9.32. The number of rotatable bonds is 4. The number of hydrazine groups is 1. The lowest BCUT2D eigenvalue weighted by molar-refractivity contribution is -0.137. The molecule has 5 heteroatoms. The van der Waals surface area contributed by atoms with Crippen molar-refractivity contribution in [1.82, 2.24) is 10.9 Å². The highest BCUT2D eigenvalue weighted by Gasteiger charge is 2.25. The van der Waals surface area contributed by atoms with Gasteiger partial charge in [0.2, 0.25) is 0 Å². The van der Waals surface area contributed by atoms with Gasteiger partial charge in [0.15, 0.2) is 0 Å². The molecule has 1 heterocycles. The monoisotopic (exact) mass is 238 g/mol. The smallest absolute Gasteiger partial charge is 0.303 e. The third-order valence-corrected chi connectivity index (χ3v) is 2.96. The van der Waals surface area contributed by atoms with Gasteiger partial charge in [0.25, 0.3) is 0 Å². The first-order valence-electron chi connectivity index (χ1n) is 5.63. The molecule has 0 aliphatic carbocycles. The molecule has 0 amide bonds. The SMILES string of the molecule is O=C(O)CCC1CC(c2ccc(F)cc2)NN1. The van der Waals surface area contributed by atoms with E-state index in [4.69, 9.17) is 5.11 Å². The fraction of sp³-hybridized carbons (Fsp3) is 0.417. The van der Waals surface area contributed by atoms with E-state index in [-0.39, 0.29) is 24.3 Å². The molecule has 17 heavy (non-hydrogen) atoms. The lowest BCUT2D eigenvalue weighted by atomic mass is 10.00. The van der Waals surface area contributed by atoms with Crippen LogP contribution in [0, 0.1) is 5.82 Å². The number of hydrogen-bond acceptors (Lipinski definition) is 3. The molecule has 0 aromatic heterocycles. The fourth-order valence-electron chi connectivity index (χ4n) is 2.02. The second kappa shape index (κ2) is 5.25. The van der Waals surface area contributed by atoms with Crippen LogP contribution in [-0.2, 0) is 4.79 Å². The molecular weight excluding hydrogens is 223 g/mol. The summed E-state index contributed by atoms with van der Waals surface area (Å²) in [5.74, 6) is -1.03. The second-order valence-electron chi connectivity index (χ2n) is 4.26. The minimum Gasteiger partial charge on any atom is -0.481 e. The van der Waals surface area contributed by atoms with Crippen LogP contribution in [-0.4, -0.2) is 17.1 Å². The molecular formula is C12H15FN2O2. The Labute approximate surface area is 98.8 Å². The molecule has 2 unspecified atom stereocenters. The van der Waals surface area contributed by atoms with Gasteiger partial charge in [-0.3, -0.25) is 15.6 Å². The number of carboxylic acids is 1. The number of carboxylic acid groups (broad SMARTS) is 1. The van der Waals surface area contributed by atoms with Crippen LogP contribution < -0.4 is 10.9 Å². The summed E-state index contributed by atoms with van der Waals surface area (Å²) in [4.78, 5) is 10.5. The van der Waals surface area contributed by atoms with E-state index in [1.807, 2.05) is 0 Å². The Balaban J connectivity index is 1.89. The van der Waals surface area contributed by atoms with Crippen molar-refractivity contribution in [3.8, 4) is 0 Å². The van der Waals surface area contributed by atoms with Gasteiger partial charge in [0.05, 0.1) is 0 Å². The maximum atomic E-state index is 12.8. The molecule has 0 bridgehead atoms. The maximum Gasteiger partial charge on any atom is 0.303 e. The van der Waals surface area contributed by atoms with Crippen LogP contribution in [0.15, 0.2) is 24.3 Å². The Bertz CT molecular complexity index is 394. The highest BCUT2D eigenvalue weighted by Crippen LogP contribution is 2.24. The van der Waals surface area contributed by atoms with Gasteiger partial charge in [-0.15, -0.1) is 0 Å². The minimum atomic E-state index is -0.781. The summed E-state index contributed by atoms with van der Waals surface area (Å²) in [6, 6.07) is 6.63. The van der Waals surface area contributed by atoms with Crippen LogP contribution in [0.4, 0.5) is 4.39 Å². The van der Waals surface area contributed by atoms with E-state index in [0.29, 0.717) is 6.42 Å². The highest BCUT2D eigenvalue weighted by atomic mass is 19.1. The van der Waals surface area contributed by atoms with Crippen LogP contribution >= 0.6 is 0 Å². The number of hydrogen-bond donors (Lipinski definition) is 3. The molecule has 1 fully saturated rings. The average molecular weight is 238 g/mol. The molecule has 0 spiro atoms. The first-order chi connectivity index (χ1) is 8.15. The van der Waals surface area contributed by atoms with Crippen molar-refractivity contribution in [1.29, 1.82) is 0 Å². The third kappa shape index (κ3) is 3.25. The lowest BCUT2D eigenvalue weighted by Crippen LogP contribution is -2.31. The summed E-state index contributed by atoms with van der Waals surface area (Å²) in [6.45, 7) is 0. The molecule has 2 atom stereocenters. The van der Waals surface area contributed by atoms with Crippen molar-refractivity contribution < 1.29 is 14.3 Å². The fourth-order valence-corrected chi connectivity index (χ4v) is 2.02. The van der Waals surface area contributed by atoms with Crippen LogP contribution in [0.1, 0.15) is 30.9 Å². The van der Waals surface area contributed by atoms with Gasteiger partial charge in [-0.05, 0) is 30.5 Å². The summed E-state index contributed by atoms with van der Waals surface area (Å²) in [7, 11) is 0. The zero-order chi connectivity index (χ0) is 12.3. The number of benzene rings is 1. The van der Waals surface area contributed by atoms with Crippen molar-refractivity contribution >= 4 is 5.97 Å². The summed E-state index contributed by atoms with van der Waals surface area (Å²) >= 11 is 0. The van der Waals surface area contributed by atoms with Gasteiger partial charge in [-0.1, -0.05) is 12.1 Å². The normalized spacial score (nSPS) is 23.8. The molecule has 1 aliphatic rings. The molecule has 2 rings (SSSR count). The predicted molar refractivity (Wildman–Crippen MR) is 60.7 cm³/mol. The Morgan fingerprint density at radius 2 is 2.06 bits per heavy atom. The van der Waals surface area contributed by atoms with Crippen LogP contribution in [0.5, 0.6) is 0 Å². The Hall–Kier alpha value is -1.46. The van der Waals surface area contributed by atoms with E-state index in [0.717, 1.165) is 12.0 Å². The summed E-state index contributed by atoms with van der Waals surface area (Å²) in [6.07, 6.45) is 1.58. The van der Waals surface area contributed by atoms with E-state index in [1.165, 1.54) is 12.1 Å². The van der Waals surface area contributed by atoms with Crippen molar-refractivity contribution in [3.63, 3.8) is 0 Å². The van der Waals surface area contributed by atoms with E-state index in [9.17, 15) is 9.18 Å². The molecule has 1 saturated heterocycles. The molecule has 1 aromatic rings. The van der Waals surface area contributed by atoms with Crippen LogP contribution in [0.2, 0.25) is 0 Å². The van der Waals surface area contributed by atoms with Gasteiger partial charge in [-0.2, -0.15) is 0 Å². The van der Waals surface area contributed by atoms with Crippen molar-refractivity contribution in [2.75, 3.05) is 0 Å². The largest absolute Gasteiger partial charge is 0.481 e. The van der Waals surface area contributed by atoms with Crippen molar-refractivity contribution in [3.05, 3.63) is 35.6 Å². The Kier molecular flexibility index (Phi) is 3.71. The second-order valence-corrected chi connectivity index (χ2v) is 4.26. The van der Waals surface area contributed by atoms with E-state index < -0.39 is 5.97 Å². The Morgan fingerprint density at radius 3 is 2.71 bits per heavy atom. The summed E-state index contributed by atoms with van der Waals surface area (Å²) < 4.78 is 12.8. The minimum absolute atomic E-state index is 0.120.